The molecule has 23 heavy (non-hydrogen) atoms. The molecule has 0 radical (unpaired) electrons. The van der Waals surface area contributed by atoms with E-state index in [0.717, 1.165) is 0 Å². The molecule has 2 atom stereocenters. The van der Waals surface area contributed by atoms with Crippen molar-refractivity contribution < 1.29 is 19.2 Å². The Labute approximate surface area is 139 Å². The van der Waals surface area contributed by atoms with E-state index < -0.39 is 16.9 Å². The predicted octanol–water partition coefficient (Wildman–Crippen LogP) is 3.30. The Morgan fingerprint density at radius 1 is 1.43 bits per heavy atom. The third kappa shape index (κ3) is 3.19. The molecule has 1 aromatic carbocycles. The largest absolute Gasteiger partial charge is 0.480 e. The molecule has 120 valence electrons. The molecule has 1 aliphatic rings. The number of rotatable bonds is 4. The summed E-state index contributed by atoms with van der Waals surface area (Å²) in [6.07, 6.45) is 0. The fourth-order valence-corrected chi connectivity index (χ4v) is 3.59. The zero-order chi connectivity index (χ0) is 16.6. The van der Waals surface area contributed by atoms with Crippen molar-refractivity contribution in [3.05, 3.63) is 51.2 Å². The highest BCUT2D eigenvalue weighted by Crippen LogP contribution is 2.37. The van der Waals surface area contributed by atoms with Crippen LogP contribution in [0.5, 0.6) is 0 Å². The third-order valence-corrected chi connectivity index (χ3v) is 4.94. The molecule has 1 aliphatic heterocycles. The van der Waals surface area contributed by atoms with Crippen molar-refractivity contribution in [1.82, 2.24) is 5.32 Å². The van der Waals surface area contributed by atoms with E-state index in [-0.39, 0.29) is 16.1 Å². The minimum Gasteiger partial charge on any atom is -0.480 e. The number of carbonyl (C=O) groups is 1. The summed E-state index contributed by atoms with van der Waals surface area (Å²) in [6.45, 7) is 0. The first kappa shape index (κ1) is 15.9. The SMILES string of the molecule is O=C(O)[C@H]1CS[C@H](c2ccc(-c3ccc(Cl)c([N+](=O)[O-])c3)o2)N1. The number of nitrogens with zero attached hydrogens (tertiary/aromatic N) is 1. The molecular weight excluding hydrogens is 344 g/mol. The standard InChI is InChI=1S/C14H11ClN2O5S/c15-8-2-1-7(5-10(8)17(20)21)11-3-4-12(22-11)13-16-9(6-23-13)14(18)19/h1-5,9,13,16H,6H2,(H,18,19)/t9-,13-/m1/s1. The minimum atomic E-state index is -0.903. The molecule has 1 aromatic heterocycles. The van der Waals surface area contributed by atoms with Gasteiger partial charge in [-0.2, -0.15) is 0 Å². The van der Waals surface area contributed by atoms with Crippen molar-refractivity contribution in [2.75, 3.05) is 5.75 Å². The maximum atomic E-state index is 11.0. The van der Waals surface area contributed by atoms with Gasteiger partial charge in [0.2, 0.25) is 0 Å². The molecule has 0 spiro atoms. The zero-order valence-corrected chi connectivity index (χ0v) is 13.1. The highest BCUT2D eigenvalue weighted by atomic mass is 35.5. The Bertz CT molecular complexity index is 778. The number of nitro benzene ring substituents is 1. The first-order valence-corrected chi connectivity index (χ1v) is 8.03. The number of hydrogen-bond acceptors (Lipinski definition) is 6. The average molecular weight is 355 g/mol. The first-order valence-electron chi connectivity index (χ1n) is 6.60. The number of thioether (sulfide) groups is 1. The summed E-state index contributed by atoms with van der Waals surface area (Å²) in [5, 5.41) is 22.7. The Morgan fingerprint density at radius 2 is 2.22 bits per heavy atom. The molecule has 1 saturated heterocycles. The van der Waals surface area contributed by atoms with Crippen LogP contribution in [0.15, 0.2) is 34.7 Å². The first-order chi connectivity index (χ1) is 11.0. The maximum absolute atomic E-state index is 11.0. The summed E-state index contributed by atoms with van der Waals surface area (Å²) in [6, 6.07) is 7.23. The number of hydrogen-bond donors (Lipinski definition) is 2. The molecule has 1 fully saturated rings. The van der Waals surface area contributed by atoms with Crippen LogP contribution >= 0.6 is 23.4 Å². The quantitative estimate of drug-likeness (QED) is 0.641. The monoisotopic (exact) mass is 354 g/mol. The Morgan fingerprint density at radius 3 is 2.87 bits per heavy atom. The van der Waals surface area contributed by atoms with Gasteiger partial charge in [0.25, 0.3) is 5.69 Å². The van der Waals surface area contributed by atoms with E-state index >= 15 is 0 Å². The Hall–Kier alpha value is -2.03. The smallest absolute Gasteiger partial charge is 0.321 e. The Kier molecular flexibility index (Phi) is 4.29. The second-order valence-corrected chi connectivity index (χ2v) is 6.44. The number of halogens is 1. The van der Waals surface area contributed by atoms with Crippen molar-refractivity contribution >= 4 is 35.0 Å². The highest BCUT2D eigenvalue weighted by Gasteiger charge is 2.32. The molecule has 0 saturated carbocycles. The molecule has 0 unspecified atom stereocenters. The van der Waals surface area contributed by atoms with Gasteiger partial charge < -0.3 is 9.52 Å². The van der Waals surface area contributed by atoms with Crippen molar-refractivity contribution in [2.24, 2.45) is 0 Å². The van der Waals surface area contributed by atoms with E-state index in [2.05, 4.69) is 5.32 Å². The van der Waals surface area contributed by atoms with Gasteiger partial charge in [0.15, 0.2) is 0 Å². The van der Waals surface area contributed by atoms with Crippen molar-refractivity contribution in [3.63, 3.8) is 0 Å². The van der Waals surface area contributed by atoms with Crippen molar-refractivity contribution in [3.8, 4) is 11.3 Å². The van der Waals surface area contributed by atoms with Crippen LogP contribution in [0.4, 0.5) is 5.69 Å². The lowest BCUT2D eigenvalue weighted by molar-refractivity contribution is -0.384. The van der Waals surface area contributed by atoms with Crippen LogP contribution in [-0.2, 0) is 4.79 Å². The molecule has 0 aliphatic carbocycles. The second kappa shape index (κ2) is 6.23. The molecule has 2 heterocycles. The molecule has 0 bridgehead atoms. The number of carboxylic acid groups (broad SMARTS) is 1. The second-order valence-electron chi connectivity index (χ2n) is 4.90. The van der Waals surface area contributed by atoms with Crippen molar-refractivity contribution in [1.29, 1.82) is 0 Å². The summed E-state index contributed by atoms with van der Waals surface area (Å²) in [7, 11) is 0. The van der Waals surface area contributed by atoms with Gasteiger partial charge in [-0.1, -0.05) is 11.6 Å². The number of aliphatic carboxylic acids is 1. The number of benzene rings is 1. The summed E-state index contributed by atoms with van der Waals surface area (Å²) in [5.74, 6) is 0.579. The average Bonchev–Trinajstić information content (AvgIpc) is 3.16. The van der Waals surface area contributed by atoms with Gasteiger partial charge in [0.1, 0.15) is 28.0 Å². The van der Waals surface area contributed by atoms with Gasteiger partial charge in [-0.15, -0.1) is 11.8 Å². The number of nitro groups is 1. The lowest BCUT2D eigenvalue weighted by Crippen LogP contribution is -2.33. The number of nitrogens with one attached hydrogen (secondary N) is 1. The third-order valence-electron chi connectivity index (χ3n) is 3.39. The van der Waals surface area contributed by atoms with Crippen LogP contribution in [0.2, 0.25) is 5.02 Å². The predicted molar refractivity (Wildman–Crippen MR) is 85.6 cm³/mol. The fraction of sp³-hybridized carbons (Fsp3) is 0.214. The van der Waals surface area contributed by atoms with Gasteiger partial charge in [-0.25, -0.2) is 0 Å². The summed E-state index contributed by atoms with van der Waals surface area (Å²) < 4.78 is 5.71. The molecule has 9 heteroatoms. The normalized spacial score (nSPS) is 20.6. The van der Waals surface area contributed by atoms with E-state index in [0.29, 0.717) is 22.8 Å². The van der Waals surface area contributed by atoms with E-state index in [4.69, 9.17) is 21.1 Å². The van der Waals surface area contributed by atoms with Gasteiger partial charge in [0.05, 0.1) is 4.92 Å². The molecule has 7 nitrogen and oxygen atoms in total. The summed E-state index contributed by atoms with van der Waals surface area (Å²) in [4.78, 5) is 21.3. The molecule has 2 N–H and O–H groups in total. The van der Waals surface area contributed by atoms with Crippen LogP contribution in [0.25, 0.3) is 11.3 Å². The fourth-order valence-electron chi connectivity index (χ4n) is 2.23. The highest BCUT2D eigenvalue weighted by molar-refractivity contribution is 7.99. The van der Waals surface area contributed by atoms with Gasteiger partial charge in [-0.05, 0) is 24.3 Å². The summed E-state index contributed by atoms with van der Waals surface area (Å²) in [5.41, 5.74) is 0.339. The van der Waals surface area contributed by atoms with Gasteiger partial charge in [0, 0.05) is 17.4 Å². The van der Waals surface area contributed by atoms with Gasteiger partial charge >= 0.3 is 5.97 Å². The van der Waals surface area contributed by atoms with Gasteiger partial charge in [-0.3, -0.25) is 20.2 Å². The van der Waals surface area contributed by atoms with E-state index in [1.165, 1.54) is 23.9 Å². The van der Waals surface area contributed by atoms with Crippen LogP contribution in [0.3, 0.4) is 0 Å². The van der Waals surface area contributed by atoms with Crippen LogP contribution in [-0.4, -0.2) is 27.8 Å². The Balaban J connectivity index is 1.84. The summed E-state index contributed by atoms with van der Waals surface area (Å²) >= 11 is 7.23. The minimum absolute atomic E-state index is 0.0582. The number of furan rings is 1. The van der Waals surface area contributed by atoms with E-state index in [1.807, 2.05) is 0 Å². The maximum Gasteiger partial charge on any atom is 0.321 e. The molecule has 3 rings (SSSR count). The van der Waals surface area contributed by atoms with Crippen molar-refractivity contribution in [2.45, 2.75) is 11.4 Å². The lowest BCUT2D eigenvalue weighted by Gasteiger charge is -2.07. The molecule has 2 aromatic rings. The zero-order valence-electron chi connectivity index (χ0n) is 11.6. The molecule has 0 amide bonds. The van der Waals surface area contributed by atoms with Crippen LogP contribution in [0.1, 0.15) is 11.1 Å². The van der Waals surface area contributed by atoms with E-state index in [1.54, 1.807) is 18.2 Å². The molecular formula is C14H11ClN2O5S. The van der Waals surface area contributed by atoms with Crippen LogP contribution < -0.4 is 5.32 Å². The topological polar surface area (TPSA) is 106 Å². The lowest BCUT2D eigenvalue weighted by atomic mass is 10.1. The van der Waals surface area contributed by atoms with Crippen LogP contribution in [0, 0.1) is 10.1 Å². The van der Waals surface area contributed by atoms with E-state index in [9.17, 15) is 14.9 Å². The number of carboxylic acids is 1.